The molecule has 7 heteroatoms. The number of nitrogens with one attached hydrogen (secondary N) is 1. The smallest absolute Gasteiger partial charge is 0.174 e. The maximum atomic E-state index is 13.4. The van der Waals surface area contributed by atoms with Crippen LogP contribution >= 0.6 is 12.2 Å². The molecular formula is C30H22FN3O2S. The zero-order valence-electron chi connectivity index (χ0n) is 19.6. The summed E-state index contributed by atoms with van der Waals surface area (Å²) in [7, 11) is 0. The molecule has 2 aromatic heterocycles. The molecule has 3 heterocycles. The van der Waals surface area contributed by atoms with Gasteiger partial charge < -0.3 is 19.4 Å². The van der Waals surface area contributed by atoms with Crippen LogP contribution in [0.15, 0.2) is 120 Å². The first-order valence-electron chi connectivity index (χ1n) is 11.8. The van der Waals surface area contributed by atoms with Gasteiger partial charge in [-0.1, -0.05) is 24.3 Å². The average molecular weight is 508 g/mol. The number of para-hydroxylation sites is 1. The fraction of sp³-hybridized carbons (Fsp3) is 0.0667. The van der Waals surface area contributed by atoms with E-state index in [0.717, 1.165) is 28.4 Å². The Labute approximate surface area is 219 Å². The number of hydrogen-bond donors (Lipinski definition) is 1. The number of furan rings is 1. The second-order valence-corrected chi connectivity index (χ2v) is 9.00. The Balaban J connectivity index is 1.35. The maximum absolute atomic E-state index is 13.4. The van der Waals surface area contributed by atoms with Gasteiger partial charge in [0.2, 0.25) is 0 Å². The van der Waals surface area contributed by atoms with E-state index < -0.39 is 0 Å². The van der Waals surface area contributed by atoms with Crippen LogP contribution in [-0.4, -0.2) is 10.1 Å². The molecule has 182 valence electrons. The van der Waals surface area contributed by atoms with Crippen molar-refractivity contribution in [3.63, 3.8) is 0 Å². The molecule has 0 saturated carbocycles. The highest BCUT2D eigenvalue weighted by Crippen LogP contribution is 2.43. The molecule has 3 aromatic carbocycles. The predicted octanol–water partition coefficient (Wildman–Crippen LogP) is 7.45. The molecule has 5 nitrogen and oxygen atoms in total. The van der Waals surface area contributed by atoms with Crippen molar-refractivity contribution >= 4 is 23.0 Å². The molecule has 6 rings (SSSR count). The van der Waals surface area contributed by atoms with Crippen LogP contribution in [0.25, 0.3) is 11.3 Å². The molecule has 1 aliphatic rings. The van der Waals surface area contributed by atoms with E-state index in [2.05, 4.69) is 10.3 Å². The van der Waals surface area contributed by atoms with E-state index in [1.807, 2.05) is 89.8 Å². The van der Waals surface area contributed by atoms with Gasteiger partial charge in [-0.05, 0) is 97.1 Å². The van der Waals surface area contributed by atoms with Crippen molar-refractivity contribution in [1.82, 2.24) is 10.3 Å². The number of hydrogen-bond acceptors (Lipinski definition) is 4. The first kappa shape index (κ1) is 22.9. The summed E-state index contributed by atoms with van der Waals surface area (Å²) >= 11 is 5.80. The third kappa shape index (κ3) is 4.69. The lowest BCUT2D eigenvalue weighted by Crippen LogP contribution is -2.29. The van der Waals surface area contributed by atoms with Gasteiger partial charge in [0.15, 0.2) is 5.11 Å². The number of rotatable bonds is 6. The number of aromatic nitrogens is 1. The summed E-state index contributed by atoms with van der Waals surface area (Å²) in [5, 5.41) is 4.00. The van der Waals surface area contributed by atoms with Gasteiger partial charge in [0.25, 0.3) is 0 Å². The SMILES string of the molecule is Fc1ccc(-c2ccc([C@@H]3[C@H](c4ccccn4)NC(=S)N3c3ccc(Oc4ccccc4)cc3)o2)cc1. The number of nitrogens with zero attached hydrogens (tertiary/aromatic N) is 2. The number of pyridine rings is 1. The highest BCUT2D eigenvalue weighted by atomic mass is 32.1. The number of ether oxygens (including phenoxy) is 1. The Morgan fingerprint density at radius 1 is 0.811 bits per heavy atom. The number of anilines is 1. The fourth-order valence-corrected chi connectivity index (χ4v) is 4.85. The molecule has 1 N–H and O–H groups in total. The van der Waals surface area contributed by atoms with Crippen LogP contribution in [0.5, 0.6) is 11.5 Å². The summed E-state index contributed by atoms with van der Waals surface area (Å²) in [6.45, 7) is 0. The Kier molecular flexibility index (Phi) is 6.12. The molecule has 0 bridgehead atoms. The standard InChI is InChI=1S/C30H22FN3O2S/c31-21-11-9-20(10-12-21)26-17-18-27(36-26)29-28(25-8-4-5-19-32-25)33-30(37)34(29)22-13-15-24(16-14-22)35-23-6-2-1-3-7-23/h1-19,28-29H,(H,33,37)/t28-,29+/m0/s1. The molecule has 5 aromatic rings. The number of benzene rings is 3. The topological polar surface area (TPSA) is 50.5 Å². The van der Waals surface area contributed by atoms with Crippen molar-refractivity contribution in [3.05, 3.63) is 133 Å². The van der Waals surface area contributed by atoms with Crippen molar-refractivity contribution in [2.75, 3.05) is 4.90 Å². The molecule has 1 aliphatic heterocycles. The van der Waals surface area contributed by atoms with Crippen molar-refractivity contribution < 1.29 is 13.5 Å². The van der Waals surface area contributed by atoms with Crippen LogP contribution in [0.3, 0.4) is 0 Å². The van der Waals surface area contributed by atoms with Gasteiger partial charge in [-0.3, -0.25) is 4.98 Å². The van der Waals surface area contributed by atoms with Crippen LogP contribution in [0.4, 0.5) is 10.1 Å². The van der Waals surface area contributed by atoms with E-state index in [9.17, 15) is 4.39 Å². The lowest BCUT2D eigenvalue weighted by Gasteiger charge is -2.26. The zero-order valence-corrected chi connectivity index (χ0v) is 20.4. The minimum absolute atomic E-state index is 0.235. The fourth-order valence-electron chi connectivity index (χ4n) is 4.50. The molecule has 0 aliphatic carbocycles. The first-order valence-corrected chi connectivity index (χ1v) is 12.3. The monoisotopic (exact) mass is 507 g/mol. The second kappa shape index (κ2) is 9.87. The minimum Gasteiger partial charge on any atom is -0.459 e. The third-order valence-electron chi connectivity index (χ3n) is 6.24. The van der Waals surface area contributed by atoms with Crippen LogP contribution < -0.4 is 15.0 Å². The van der Waals surface area contributed by atoms with Crippen molar-refractivity contribution in [3.8, 4) is 22.8 Å². The quantitative estimate of drug-likeness (QED) is 0.241. The lowest BCUT2D eigenvalue weighted by atomic mass is 10.0. The maximum Gasteiger partial charge on any atom is 0.174 e. The molecular weight excluding hydrogens is 485 g/mol. The molecule has 0 unspecified atom stereocenters. The van der Waals surface area contributed by atoms with Gasteiger partial charge in [0.05, 0.1) is 11.7 Å². The van der Waals surface area contributed by atoms with Crippen LogP contribution in [0.1, 0.15) is 23.5 Å². The normalized spacial score (nSPS) is 17.0. The van der Waals surface area contributed by atoms with E-state index in [0.29, 0.717) is 16.6 Å². The first-order chi connectivity index (χ1) is 18.2. The van der Waals surface area contributed by atoms with E-state index in [4.69, 9.17) is 21.4 Å². The highest BCUT2D eigenvalue weighted by Gasteiger charge is 2.42. The summed E-state index contributed by atoms with van der Waals surface area (Å²) in [6.07, 6.45) is 1.77. The summed E-state index contributed by atoms with van der Waals surface area (Å²) in [5.41, 5.74) is 2.53. The number of halogens is 1. The molecule has 37 heavy (non-hydrogen) atoms. The summed E-state index contributed by atoms with van der Waals surface area (Å²) in [6, 6.07) is 32.8. The minimum atomic E-state index is -0.294. The van der Waals surface area contributed by atoms with Crippen LogP contribution in [0, 0.1) is 5.82 Å². The van der Waals surface area contributed by atoms with Gasteiger partial charge in [-0.25, -0.2) is 4.39 Å². The summed E-state index contributed by atoms with van der Waals surface area (Å²) < 4.78 is 25.7. The third-order valence-corrected chi connectivity index (χ3v) is 6.55. The Morgan fingerprint density at radius 2 is 1.54 bits per heavy atom. The van der Waals surface area contributed by atoms with Crippen LogP contribution in [-0.2, 0) is 0 Å². The number of thiocarbonyl (C=S) groups is 1. The van der Waals surface area contributed by atoms with Gasteiger partial charge in [-0.2, -0.15) is 0 Å². The van der Waals surface area contributed by atoms with E-state index in [-0.39, 0.29) is 17.9 Å². The molecule has 1 saturated heterocycles. The summed E-state index contributed by atoms with van der Waals surface area (Å²) in [4.78, 5) is 6.62. The van der Waals surface area contributed by atoms with E-state index in [1.165, 1.54) is 12.1 Å². The van der Waals surface area contributed by atoms with Crippen molar-refractivity contribution in [2.45, 2.75) is 12.1 Å². The zero-order chi connectivity index (χ0) is 25.2. The average Bonchev–Trinajstić information content (AvgIpc) is 3.55. The van der Waals surface area contributed by atoms with Crippen molar-refractivity contribution in [1.29, 1.82) is 0 Å². The lowest BCUT2D eigenvalue weighted by molar-refractivity contribution is 0.439. The van der Waals surface area contributed by atoms with E-state index >= 15 is 0 Å². The molecule has 2 atom stereocenters. The highest BCUT2D eigenvalue weighted by molar-refractivity contribution is 7.80. The van der Waals surface area contributed by atoms with Gasteiger partial charge >= 0.3 is 0 Å². The Morgan fingerprint density at radius 3 is 2.27 bits per heavy atom. The van der Waals surface area contributed by atoms with Gasteiger partial charge in [-0.15, -0.1) is 0 Å². The van der Waals surface area contributed by atoms with Crippen molar-refractivity contribution in [2.24, 2.45) is 0 Å². The predicted molar refractivity (Wildman–Crippen MR) is 145 cm³/mol. The van der Waals surface area contributed by atoms with Gasteiger partial charge in [0, 0.05) is 17.4 Å². The molecule has 1 fully saturated rings. The van der Waals surface area contributed by atoms with E-state index in [1.54, 1.807) is 18.3 Å². The van der Waals surface area contributed by atoms with Crippen LogP contribution in [0.2, 0.25) is 0 Å². The molecule has 0 amide bonds. The Bertz CT molecular complexity index is 1510. The molecule has 0 radical (unpaired) electrons. The largest absolute Gasteiger partial charge is 0.459 e. The second-order valence-electron chi connectivity index (χ2n) is 8.61. The van der Waals surface area contributed by atoms with Gasteiger partial charge in [0.1, 0.15) is 34.9 Å². The molecule has 0 spiro atoms. The Hall–Kier alpha value is -4.49. The summed E-state index contributed by atoms with van der Waals surface area (Å²) in [5.74, 6) is 2.57.